The monoisotopic (exact) mass is 320 g/mol. The van der Waals surface area contributed by atoms with Crippen LogP contribution in [0.2, 0.25) is 0 Å². The van der Waals surface area contributed by atoms with Gasteiger partial charge in [0.1, 0.15) is 5.60 Å². The Hall–Kier alpha value is -0.670. The third-order valence-corrected chi connectivity index (χ3v) is 7.75. The predicted molar refractivity (Wildman–Crippen MR) is 91.1 cm³/mol. The van der Waals surface area contributed by atoms with Crippen LogP contribution in [0, 0.1) is 22.7 Å². The van der Waals surface area contributed by atoms with E-state index in [0.29, 0.717) is 12.3 Å². The Morgan fingerprint density at radius 3 is 2.39 bits per heavy atom. The van der Waals surface area contributed by atoms with Crippen LogP contribution in [0.5, 0.6) is 0 Å². The fourth-order valence-corrected chi connectivity index (χ4v) is 6.15. The van der Waals surface area contributed by atoms with Gasteiger partial charge in [-0.3, -0.25) is 4.79 Å². The zero-order valence-corrected chi connectivity index (χ0v) is 15.3. The number of ketones is 1. The summed E-state index contributed by atoms with van der Waals surface area (Å²) < 4.78 is 6.41. The Bertz CT molecular complexity index is 539. The lowest BCUT2D eigenvalue weighted by molar-refractivity contribution is -0.251. The Morgan fingerprint density at radius 1 is 1.13 bits per heavy atom. The summed E-state index contributed by atoms with van der Waals surface area (Å²) in [5.41, 5.74) is -1.18. The average Bonchev–Trinajstić information content (AvgIpc) is 2.46. The van der Waals surface area contributed by atoms with Crippen molar-refractivity contribution in [3.63, 3.8) is 0 Å². The lowest BCUT2D eigenvalue weighted by Crippen LogP contribution is -2.66. The molecule has 3 heteroatoms. The fourth-order valence-electron chi connectivity index (χ4n) is 6.15. The van der Waals surface area contributed by atoms with E-state index in [9.17, 15) is 9.90 Å². The van der Waals surface area contributed by atoms with Gasteiger partial charge >= 0.3 is 0 Å². The number of aliphatic hydroxyl groups excluding tert-OH is 1. The number of aliphatic hydroxyl groups is 1. The van der Waals surface area contributed by atoms with Gasteiger partial charge in [0.15, 0.2) is 5.78 Å². The van der Waals surface area contributed by atoms with E-state index in [-0.39, 0.29) is 34.2 Å². The minimum atomic E-state index is -0.849. The Kier molecular flexibility index (Phi) is 3.67. The van der Waals surface area contributed by atoms with Gasteiger partial charge < -0.3 is 9.84 Å². The first kappa shape index (κ1) is 17.2. The molecule has 0 unspecified atom stereocenters. The number of ether oxygens (including phenoxy) is 1. The highest BCUT2D eigenvalue weighted by Gasteiger charge is 2.64. The van der Waals surface area contributed by atoms with E-state index >= 15 is 0 Å². The zero-order chi connectivity index (χ0) is 17.3. The molecule has 3 fully saturated rings. The van der Waals surface area contributed by atoms with Crippen molar-refractivity contribution in [1.29, 1.82) is 0 Å². The molecule has 0 bridgehead atoms. The molecule has 0 spiro atoms. The third kappa shape index (κ3) is 2.19. The molecule has 0 aromatic carbocycles. The van der Waals surface area contributed by atoms with Crippen LogP contribution in [0.1, 0.15) is 66.7 Å². The van der Waals surface area contributed by atoms with Gasteiger partial charge in [-0.2, -0.15) is 0 Å². The van der Waals surface area contributed by atoms with E-state index < -0.39 is 5.60 Å². The molecule has 0 amide bonds. The highest BCUT2D eigenvalue weighted by molar-refractivity contribution is 5.90. The highest BCUT2D eigenvalue weighted by Crippen LogP contribution is 2.65. The number of carbonyl (C=O) groups excluding carboxylic acids is 1. The summed E-state index contributed by atoms with van der Waals surface area (Å²) in [5, 5.41) is 10.5. The molecular formula is C20H32O3. The van der Waals surface area contributed by atoms with Crippen molar-refractivity contribution in [3.8, 4) is 0 Å². The van der Waals surface area contributed by atoms with E-state index in [1.165, 1.54) is 0 Å². The van der Waals surface area contributed by atoms with E-state index in [4.69, 9.17) is 4.74 Å². The molecule has 6 atom stereocenters. The van der Waals surface area contributed by atoms with Crippen molar-refractivity contribution in [2.75, 3.05) is 0 Å². The summed E-state index contributed by atoms with van der Waals surface area (Å²) in [6.45, 7) is 14.6. The molecule has 1 aliphatic heterocycles. The summed E-state index contributed by atoms with van der Waals surface area (Å²) >= 11 is 0. The quantitative estimate of drug-likeness (QED) is 0.746. The molecule has 23 heavy (non-hydrogen) atoms. The molecule has 3 rings (SSSR count). The Labute approximate surface area is 140 Å². The maximum absolute atomic E-state index is 12.7. The second-order valence-electron chi connectivity index (χ2n) is 9.38. The molecule has 0 aromatic heterocycles. The minimum absolute atomic E-state index is 0.0495. The smallest absolute Gasteiger partial charge is 0.168 e. The van der Waals surface area contributed by atoms with Gasteiger partial charge in [-0.15, -0.1) is 0 Å². The molecule has 2 saturated carbocycles. The molecule has 3 nitrogen and oxygen atoms in total. The van der Waals surface area contributed by atoms with Gasteiger partial charge in [0.05, 0.1) is 11.7 Å². The van der Waals surface area contributed by atoms with E-state index in [2.05, 4.69) is 34.3 Å². The third-order valence-electron chi connectivity index (χ3n) is 7.75. The van der Waals surface area contributed by atoms with Crippen LogP contribution in [0.15, 0.2) is 12.7 Å². The molecular weight excluding hydrogens is 288 g/mol. The van der Waals surface area contributed by atoms with Gasteiger partial charge in [-0.1, -0.05) is 33.4 Å². The zero-order valence-electron chi connectivity index (χ0n) is 15.3. The Balaban J connectivity index is 2.01. The van der Waals surface area contributed by atoms with E-state index in [1.54, 1.807) is 6.08 Å². The predicted octanol–water partition coefficient (Wildman–Crippen LogP) is 3.89. The number of Topliss-reactive ketones (excluding diaryl/α,β-unsaturated/α-hetero) is 1. The van der Waals surface area contributed by atoms with Crippen molar-refractivity contribution in [2.45, 2.75) is 84.0 Å². The van der Waals surface area contributed by atoms with Crippen LogP contribution >= 0.6 is 0 Å². The van der Waals surface area contributed by atoms with Crippen molar-refractivity contribution < 1.29 is 14.6 Å². The van der Waals surface area contributed by atoms with Crippen LogP contribution in [-0.4, -0.2) is 28.2 Å². The first-order chi connectivity index (χ1) is 10.5. The molecule has 1 N–H and O–H groups in total. The summed E-state index contributed by atoms with van der Waals surface area (Å²) in [4.78, 5) is 12.7. The normalized spacial score (nSPS) is 52.4. The van der Waals surface area contributed by atoms with Crippen molar-refractivity contribution in [3.05, 3.63) is 12.7 Å². The minimum Gasteiger partial charge on any atom is -0.393 e. The average molecular weight is 320 g/mol. The second-order valence-corrected chi connectivity index (χ2v) is 9.38. The maximum Gasteiger partial charge on any atom is 0.168 e. The largest absolute Gasteiger partial charge is 0.393 e. The van der Waals surface area contributed by atoms with Crippen molar-refractivity contribution in [1.82, 2.24) is 0 Å². The fraction of sp³-hybridized carbons (Fsp3) is 0.850. The number of fused-ring (bicyclic) bond motifs is 3. The number of carbonyl (C=O) groups is 1. The lowest BCUT2D eigenvalue weighted by atomic mass is 9.43. The molecule has 1 heterocycles. The highest BCUT2D eigenvalue weighted by atomic mass is 16.5. The number of hydrogen-bond acceptors (Lipinski definition) is 3. The van der Waals surface area contributed by atoms with Gasteiger partial charge in [0.2, 0.25) is 0 Å². The molecule has 1 saturated heterocycles. The van der Waals surface area contributed by atoms with Gasteiger partial charge in [0, 0.05) is 12.3 Å². The van der Waals surface area contributed by atoms with Crippen LogP contribution in [0.3, 0.4) is 0 Å². The Morgan fingerprint density at radius 2 is 1.78 bits per heavy atom. The van der Waals surface area contributed by atoms with Crippen LogP contribution < -0.4 is 0 Å². The van der Waals surface area contributed by atoms with E-state index in [0.717, 1.165) is 25.7 Å². The second kappa shape index (κ2) is 4.92. The summed E-state index contributed by atoms with van der Waals surface area (Å²) in [6, 6.07) is 0. The molecule has 2 aliphatic carbocycles. The molecule has 130 valence electrons. The first-order valence-electron chi connectivity index (χ1n) is 9.05. The molecule has 3 aliphatic rings. The van der Waals surface area contributed by atoms with E-state index in [1.807, 2.05) is 6.92 Å². The topological polar surface area (TPSA) is 46.5 Å². The lowest BCUT2D eigenvalue weighted by Gasteiger charge is -2.65. The van der Waals surface area contributed by atoms with Crippen LogP contribution in [0.4, 0.5) is 0 Å². The number of rotatable bonds is 1. The standard InChI is InChI=1S/C20H32O3/c1-7-19(5)16(22)12-14-18(4)10-9-15(21)17(2,3)13(18)8-11-20(14,6)23-19/h7,13-15,21H,1,8-12H2,2-6H3/t13-,14+,15-,18-,19+,20+/m1/s1. The van der Waals surface area contributed by atoms with Gasteiger partial charge in [-0.05, 0) is 56.3 Å². The van der Waals surface area contributed by atoms with Crippen molar-refractivity contribution >= 4 is 5.78 Å². The summed E-state index contributed by atoms with van der Waals surface area (Å²) in [5.74, 6) is 0.808. The van der Waals surface area contributed by atoms with Crippen LogP contribution in [0.25, 0.3) is 0 Å². The number of hydrogen-bond donors (Lipinski definition) is 1. The maximum atomic E-state index is 12.7. The van der Waals surface area contributed by atoms with Gasteiger partial charge in [-0.25, -0.2) is 0 Å². The van der Waals surface area contributed by atoms with Crippen molar-refractivity contribution in [2.24, 2.45) is 22.7 Å². The summed E-state index contributed by atoms with van der Waals surface area (Å²) in [7, 11) is 0. The van der Waals surface area contributed by atoms with Crippen LogP contribution in [-0.2, 0) is 9.53 Å². The van der Waals surface area contributed by atoms with Gasteiger partial charge in [0.25, 0.3) is 0 Å². The SMILES string of the molecule is C=C[C@]1(C)O[C@@]2(C)CC[C@@H]3C(C)(C)[C@H](O)CC[C@@]3(C)[C@@H]2CC1=O. The molecule has 0 aromatic rings. The summed E-state index contributed by atoms with van der Waals surface area (Å²) in [6.07, 6.45) is 5.78. The molecule has 0 radical (unpaired) electrons. The first-order valence-corrected chi connectivity index (χ1v) is 9.05.